The number of hydrogen-bond donors (Lipinski definition) is 1. The van der Waals surface area contributed by atoms with Crippen LogP contribution in [0.5, 0.6) is 0 Å². The van der Waals surface area contributed by atoms with Gasteiger partial charge in [-0.15, -0.1) is 11.3 Å². The minimum absolute atomic E-state index is 0.0837. The highest BCUT2D eigenvalue weighted by molar-refractivity contribution is 7.09. The minimum atomic E-state index is -1.26. The van der Waals surface area contributed by atoms with Gasteiger partial charge in [0.2, 0.25) is 0 Å². The number of thiazole rings is 1. The molecule has 2 N–H and O–H groups in total. The smallest absolute Gasteiger partial charge is 0.129 e. The van der Waals surface area contributed by atoms with Gasteiger partial charge in [0.05, 0.1) is 5.01 Å². The summed E-state index contributed by atoms with van der Waals surface area (Å²) in [5.41, 5.74) is 4.15. The third-order valence-electron chi connectivity index (χ3n) is 2.02. The molecule has 0 aliphatic carbocycles. The Kier molecular flexibility index (Phi) is 3.81. The number of nitrogens with zero attached hydrogens (tertiary/aromatic N) is 1. The summed E-state index contributed by atoms with van der Waals surface area (Å²) < 4.78 is 13.9. The number of halogens is 1. The average molecular weight is 202 g/mol. The molecule has 0 bridgehead atoms. The molecule has 0 amide bonds. The minimum Gasteiger partial charge on any atom is -0.328 e. The van der Waals surface area contributed by atoms with Gasteiger partial charge in [0, 0.05) is 24.5 Å². The Bertz CT molecular complexity index is 238. The Hall–Kier alpha value is -0.480. The predicted molar refractivity (Wildman–Crippen MR) is 53.6 cm³/mol. The maximum absolute atomic E-state index is 13.9. The molecule has 13 heavy (non-hydrogen) atoms. The normalized spacial score (nSPS) is 15.6. The quantitative estimate of drug-likeness (QED) is 0.794. The van der Waals surface area contributed by atoms with E-state index in [9.17, 15) is 4.39 Å². The lowest BCUT2D eigenvalue weighted by atomic mass is 9.97. The van der Waals surface area contributed by atoms with Crippen molar-refractivity contribution < 1.29 is 4.39 Å². The van der Waals surface area contributed by atoms with Crippen molar-refractivity contribution in [1.29, 1.82) is 0 Å². The van der Waals surface area contributed by atoms with Crippen molar-refractivity contribution in [3.05, 3.63) is 16.6 Å². The van der Waals surface area contributed by atoms with Gasteiger partial charge in [-0.25, -0.2) is 9.37 Å². The highest BCUT2D eigenvalue weighted by Gasteiger charge is 2.28. The van der Waals surface area contributed by atoms with E-state index in [1.54, 1.807) is 6.20 Å². The summed E-state index contributed by atoms with van der Waals surface area (Å²) in [6.07, 6.45) is 3.39. The van der Waals surface area contributed by atoms with Crippen LogP contribution in [0.4, 0.5) is 4.39 Å². The molecule has 0 spiro atoms. The van der Waals surface area contributed by atoms with Crippen molar-refractivity contribution >= 4 is 11.3 Å². The van der Waals surface area contributed by atoms with Crippen molar-refractivity contribution in [2.24, 2.45) is 5.73 Å². The van der Waals surface area contributed by atoms with Crippen molar-refractivity contribution in [2.45, 2.75) is 31.9 Å². The van der Waals surface area contributed by atoms with Gasteiger partial charge in [0.1, 0.15) is 5.67 Å². The molecular formula is C9H15FN2S. The van der Waals surface area contributed by atoms with Gasteiger partial charge in [0.15, 0.2) is 0 Å². The lowest BCUT2D eigenvalue weighted by Gasteiger charge is -2.21. The summed E-state index contributed by atoms with van der Waals surface area (Å²) in [6.45, 7) is 2.05. The zero-order valence-electron chi connectivity index (χ0n) is 7.79. The van der Waals surface area contributed by atoms with Gasteiger partial charge in [0.25, 0.3) is 0 Å². The highest BCUT2D eigenvalue weighted by Crippen LogP contribution is 2.23. The number of nitrogens with two attached hydrogens (primary N) is 1. The second kappa shape index (κ2) is 4.67. The van der Waals surface area contributed by atoms with Gasteiger partial charge in [-0.2, -0.15) is 0 Å². The third-order valence-corrected chi connectivity index (χ3v) is 2.79. The zero-order valence-corrected chi connectivity index (χ0v) is 8.61. The summed E-state index contributed by atoms with van der Waals surface area (Å²) in [5.74, 6) is 0. The lowest BCUT2D eigenvalue weighted by molar-refractivity contribution is 0.158. The highest BCUT2D eigenvalue weighted by atomic mass is 32.1. The topological polar surface area (TPSA) is 38.9 Å². The lowest BCUT2D eigenvalue weighted by Crippen LogP contribution is -2.35. The maximum Gasteiger partial charge on any atom is 0.129 e. The van der Waals surface area contributed by atoms with Crippen LogP contribution in [-0.2, 0) is 6.42 Å². The second-order valence-electron chi connectivity index (χ2n) is 3.21. The Balaban J connectivity index is 2.58. The van der Waals surface area contributed by atoms with E-state index in [-0.39, 0.29) is 6.54 Å². The van der Waals surface area contributed by atoms with E-state index in [0.717, 1.165) is 11.4 Å². The standard InChI is InChI=1S/C9H15FN2S/c1-2-3-9(10,7-11)6-8-12-4-5-13-8/h4-5H,2-3,6-7,11H2,1H3. The number of rotatable bonds is 5. The van der Waals surface area contributed by atoms with Crippen molar-refractivity contribution in [2.75, 3.05) is 6.54 Å². The number of aromatic nitrogens is 1. The van der Waals surface area contributed by atoms with Gasteiger partial charge in [-0.05, 0) is 6.42 Å². The first kappa shape index (κ1) is 10.6. The number of hydrogen-bond acceptors (Lipinski definition) is 3. The van der Waals surface area contributed by atoms with Crippen molar-refractivity contribution in [3.63, 3.8) is 0 Å². The monoisotopic (exact) mass is 202 g/mol. The number of alkyl halides is 1. The Morgan fingerprint density at radius 3 is 2.92 bits per heavy atom. The van der Waals surface area contributed by atoms with Crippen LogP contribution in [0, 0.1) is 0 Å². The van der Waals surface area contributed by atoms with Crippen LogP contribution in [0.2, 0.25) is 0 Å². The fourth-order valence-corrected chi connectivity index (χ4v) is 2.06. The molecular weight excluding hydrogens is 187 g/mol. The molecule has 1 atom stereocenters. The molecule has 0 radical (unpaired) electrons. The van der Waals surface area contributed by atoms with Crippen molar-refractivity contribution in [1.82, 2.24) is 4.98 Å². The summed E-state index contributed by atoms with van der Waals surface area (Å²) in [7, 11) is 0. The SMILES string of the molecule is CCCC(F)(CN)Cc1nccs1. The molecule has 1 aromatic heterocycles. The molecule has 1 unspecified atom stereocenters. The summed E-state index contributed by atoms with van der Waals surface area (Å²) >= 11 is 1.48. The van der Waals surface area contributed by atoms with Crippen LogP contribution in [0.3, 0.4) is 0 Å². The van der Waals surface area contributed by atoms with Crippen LogP contribution in [-0.4, -0.2) is 17.2 Å². The molecule has 1 heterocycles. The van der Waals surface area contributed by atoms with Gasteiger partial charge in [-0.3, -0.25) is 0 Å². The Morgan fingerprint density at radius 1 is 1.69 bits per heavy atom. The largest absolute Gasteiger partial charge is 0.328 e. The fraction of sp³-hybridized carbons (Fsp3) is 0.667. The van der Waals surface area contributed by atoms with E-state index in [0.29, 0.717) is 12.8 Å². The van der Waals surface area contributed by atoms with Crippen LogP contribution in [0.25, 0.3) is 0 Å². The molecule has 0 saturated heterocycles. The van der Waals surface area contributed by atoms with Crippen LogP contribution in [0.1, 0.15) is 24.8 Å². The fourth-order valence-electron chi connectivity index (χ4n) is 1.32. The van der Waals surface area contributed by atoms with E-state index in [1.165, 1.54) is 11.3 Å². The molecule has 0 saturated carbocycles. The predicted octanol–water partition coefficient (Wildman–Crippen LogP) is 2.15. The third kappa shape index (κ3) is 3.04. The van der Waals surface area contributed by atoms with E-state index in [4.69, 9.17) is 5.73 Å². The summed E-state index contributed by atoms with van der Waals surface area (Å²) in [5, 5.41) is 2.69. The zero-order chi connectivity index (χ0) is 9.73. The molecule has 1 aromatic rings. The van der Waals surface area contributed by atoms with Crippen LogP contribution < -0.4 is 5.73 Å². The average Bonchev–Trinajstić information content (AvgIpc) is 2.57. The van der Waals surface area contributed by atoms with Gasteiger partial charge in [-0.1, -0.05) is 13.3 Å². The first-order chi connectivity index (χ1) is 6.20. The van der Waals surface area contributed by atoms with Crippen LogP contribution >= 0.6 is 11.3 Å². The molecule has 2 nitrogen and oxygen atoms in total. The second-order valence-corrected chi connectivity index (χ2v) is 4.19. The Labute approximate surface area is 82.0 Å². The molecule has 74 valence electrons. The molecule has 0 fully saturated rings. The van der Waals surface area contributed by atoms with Crippen LogP contribution in [0.15, 0.2) is 11.6 Å². The summed E-state index contributed by atoms with van der Waals surface area (Å²) in [6, 6.07) is 0. The van der Waals surface area contributed by atoms with Gasteiger partial charge >= 0.3 is 0 Å². The van der Waals surface area contributed by atoms with Crippen molar-refractivity contribution in [3.8, 4) is 0 Å². The Morgan fingerprint density at radius 2 is 2.46 bits per heavy atom. The van der Waals surface area contributed by atoms with E-state index in [1.807, 2.05) is 12.3 Å². The molecule has 1 rings (SSSR count). The van der Waals surface area contributed by atoms with Gasteiger partial charge < -0.3 is 5.73 Å². The van der Waals surface area contributed by atoms with E-state index < -0.39 is 5.67 Å². The molecule has 4 heteroatoms. The van der Waals surface area contributed by atoms with E-state index in [2.05, 4.69) is 4.98 Å². The maximum atomic E-state index is 13.9. The summed E-state index contributed by atoms with van der Waals surface area (Å²) in [4.78, 5) is 4.05. The first-order valence-corrected chi connectivity index (χ1v) is 5.35. The van der Waals surface area contributed by atoms with E-state index >= 15 is 0 Å². The molecule has 0 aliphatic heterocycles. The molecule has 0 aliphatic rings. The molecule has 0 aromatic carbocycles. The first-order valence-electron chi connectivity index (χ1n) is 4.47.